The number of likely N-dealkylation sites (N-methyl/N-ethyl adjacent to an activating group) is 1. The summed E-state index contributed by atoms with van der Waals surface area (Å²) in [5.74, 6) is -4.47. The van der Waals surface area contributed by atoms with E-state index in [2.05, 4.69) is 0 Å². The highest BCUT2D eigenvalue weighted by atomic mass is 16.7. The van der Waals surface area contributed by atoms with Gasteiger partial charge in [-0.05, 0) is 74.9 Å². The second kappa shape index (κ2) is 17.7. The van der Waals surface area contributed by atoms with Crippen molar-refractivity contribution in [2.75, 3.05) is 28.3 Å². The molecule has 4 N–H and O–H groups in total. The standard InChI is InChI=1S/C38H69NO13/c1-15-26-38(10,45)31(42)21(4)28(40)19(2)17-37(9,47-14)33(52-35-29(41)25(39(11)12)16-20(3)48-35)22(5)30(23(6)34(44)50-26)51-27-18-36(8,46-13)32(43)24(7)49-27/h19-27,29-33,35,41-43,45H,15-18H2,1-14H3/t19-,20-,21+,22+,23-,24?,25+,26-,27?,29-,30?,31-,32?,33-,35+,36?,37-,38-/m1/s1. The predicted octanol–water partition coefficient (Wildman–Crippen LogP) is 2.44. The fourth-order valence-corrected chi connectivity index (χ4v) is 8.58. The Balaban J connectivity index is 2.22. The van der Waals surface area contributed by atoms with E-state index in [1.807, 2.05) is 32.8 Å². The molecule has 0 aliphatic carbocycles. The van der Waals surface area contributed by atoms with E-state index < -0.39 is 102 Å². The van der Waals surface area contributed by atoms with E-state index >= 15 is 0 Å². The third-order valence-electron chi connectivity index (χ3n) is 12.3. The molecule has 3 fully saturated rings. The van der Waals surface area contributed by atoms with Crippen LogP contribution >= 0.6 is 0 Å². The van der Waals surface area contributed by atoms with Gasteiger partial charge in [0.15, 0.2) is 12.6 Å². The summed E-state index contributed by atoms with van der Waals surface area (Å²) in [6, 6.07) is -0.283. The van der Waals surface area contributed by atoms with Gasteiger partial charge >= 0.3 is 5.97 Å². The van der Waals surface area contributed by atoms with E-state index in [4.69, 9.17) is 33.2 Å². The zero-order chi connectivity index (χ0) is 39.7. The van der Waals surface area contributed by atoms with Crippen LogP contribution in [0.1, 0.15) is 94.9 Å². The van der Waals surface area contributed by atoms with Crippen LogP contribution in [-0.2, 0) is 42.7 Å². The van der Waals surface area contributed by atoms with Crippen molar-refractivity contribution in [2.45, 2.75) is 179 Å². The molecule has 14 heteroatoms. The van der Waals surface area contributed by atoms with Gasteiger partial charge in [0.2, 0.25) is 0 Å². The summed E-state index contributed by atoms with van der Waals surface area (Å²) in [5, 5.41) is 45.6. The fraction of sp³-hybridized carbons (Fsp3) is 0.947. The van der Waals surface area contributed by atoms with Crippen LogP contribution in [0.4, 0.5) is 0 Å². The fourth-order valence-electron chi connectivity index (χ4n) is 8.58. The Morgan fingerprint density at radius 2 is 1.44 bits per heavy atom. The monoisotopic (exact) mass is 747 g/mol. The highest BCUT2D eigenvalue weighted by molar-refractivity contribution is 5.83. The predicted molar refractivity (Wildman–Crippen MR) is 191 cm³/mol. The lowest BCUT2D eigenvalue weighted by Gasteiger charge is -2.50. The number of aliphatic hydroxyl groups excluding tert-OH is 3. The first-order chi connectivity index (χ1) is 24.0. The number of methoxy groups -OCH3 is 2. The molecule has 52 heavy (non-hydrogen) atoms. The van der Waals surface area contributed by atoms with E-state index in [9.17, 15) is 30.0 Å². The van der Waals surface area contributed by atoms with Crippen molar-refractivity contribution in [3.05, 3.63) is 0 Å². The van der Waals surface area contributed by atoms with Gasteiger partial charge in [-0.1, -0.05) is 27.7 Å². The summed E-state index contributed by atoms with van der Waals surface area (Å²) in [5.41, 5.74) is -4.24. The van der Waals surface area contributed by atoms with Crippen molar-refractivity contribution >= 4 is 11.8 Å². The SMILES string of the molecule is CC[C@H]1OC(=O)[C@H](C)C(OC2CC(C)(OC)C(O)C(C)O2)[C@H](C)[C@@H](O[C@@H]2O[C@H](C)C[C@H](N(C)C)[C@H]2O)[C@](C)(OC)C[C@@H](C)C(=O)[C@H](C)[C@@H](O)[C@]1(C)O. The van der Waals surface area contributed by atoms with Crippen molar-refractivity contribution in [3.63, 3.8) is 0 Å². The van der Waals surface area contributed by atoms with Crippen LogP contribution in [0.15, 0.2) is 0 Å². The molecule has 3 aliphatic rings. The van der Waals surface area contributed by atoms with E-state index in [1.54, 1.807) is 48.5 Å². The summed E-state index contributed by atoms with van der Waals surface area (Å²) in [6.45, 7) is 17.1. The number of ether oxygens (including phenoxy) is 7. The van der Waals surface area contributed by atoms with Crippen LogP contribution in [-0.4, -0.2) is 150 Å². The van der Waals surface area contributed by atoms with Gasteiger partial charge in [-0.25, -0.2) is 0 Å². The first-order valence-electron chi connectivity index (χ1n) is 18.9. The van der Waals surface area contributed by atoms with E-state index in [-0.39, 0.29) is 37.2 Å². The van der Waals surface area contributed by atoms with E-state index in [0.29, 0.717) is 6.42 Å². The van der Waals surface area contributed by atoms with Crippen LogP contribution in [0.2, 0.25) is 0 Å². The average molecular weight is 748 g/mol. The van der Waals surface area contributed by atoms with Crippen LogP contribution in [0.3, 0.4) is 0 Å². The number of carbonyl (C=O) groups excluding carboxylic acids is 2. The minimum Gasteiger partial charge on any atom is -0.459 e. The number of esters is 1. The molecular weight excluding hydrogens is 678 g/mol. The molecule has 3 saturated heterocycles. The number of nitrogens with zero attached hydrogens (tertiary/aromatic N) is 1. The maximum atomic E-state index is 14.2. The zero-order valence-electron chi connectivity index (χ0n) is 33.9. The van der Waals surface area contributed by atoms with Gasteiger partial charge in [-0.2, -0.15) is 0 Å². The van der Waals surface area contributed by atoms with Gasteiger partial charge < -0.3 is 58.5 Å². The number of rotatable bonds is 8. The number of ketones is 1. The Labute approximate surface area is 310 Å². The number of aliphatic hydroxyl groups is 4. The average Bonchev–Trinajstić information content (AvgIpc) is 3.09. The largest absolute Gasteiger partial charge is 0.459 e. The molecule has 0 aromatic heterocycles. The van der Waals surface area contributed by atoms with Crippen molar-refractivity contribution in [2.24, 2.45) is 23.7 Å². The molecule has 0 aromatic carbocycles. The number of hydrogen-bond donors (Lipinski definition) is 4. The lowest BCUT2D eigenvalue weighted by atomic mass is 9.74. The minimum absolute atomic E-state index is 0.111. The maximum Gasteiger partial charge on any atom is 0.311 e. The van der Waals surface area contributed by atoms with E-state index in [1.165, 1.54) is 21.1 Å². The van der Waals surface area contributed by atoms with Crippen LogP contribution in [0, 0.1) is 23.7 Å². The highest BCUT2D eigenvalue weighted by Crippen LogP contribution is 2.41. The number of cyclic esters (lactones) is 1. The third-order valence-corrected chi connectivity index (χ3v) is 12.3. The molecule has 14 nitrogen and oxygen atoms in total. The molecule has 0 bridgehead atoms. The van der Waals surface area contributed by atoms with Gasteiger partial charge in [0.1, 0.15) is 29.7 Å². The molecule has 3 aliphatic heterocycles. The summed E-state index contributed by atoms with van der Waals surface area (Å²) in [4.78, 5) is 30.1. The van der Waals surface area contributed by atoms with Crippen molar-refractivity contribution < 1.29 is 63.2 Å². The van der Waals surface area contributed by atoms with Gasteiger partial charge in [0, 0.05) is 44.4 Å². The highest BCUT2D eigenvalue weighted by Gasteiger charge is 2.54. The quantitative estimate of drug-likeness (QED) is 0.266. The van der Waals surface area contributed by atoms with Gasteiger partial charge in [-0.3, -0.25) is 9.59 Å². The first-order valence-corrected chi connectivity index (χ1v) is 18.9. The summed E-state index contributed by atoms with van der Waals surface area (Å²) < 4.78 is 43.9. The molecule has 3 heterocycles. The topological polar surface area (TPSA) is 183 Å². The molecule has 3 rings (SSSR count). The van der Waals surface area contributed by atoms with Gasteiger partial charge in [0.25, 0.3) is 0 Å². The number of hydrogen-bond acceptors (Lipinski definition) is 14. The molecule has 0 radical (unpaired) electrons. The molecule has 304 valence electrons. The molecule has 5 unspecified atom stereocenters. The molecule has 0 aromatic rings. The summed E-state index contributed by atoms with van der Waals surface area (Å²) in [7, 11) is 6.77. The Morgan fingerprint density at radius 3 is 1.98 bits per heavy atom. The molecule has 18 atom stereocenters. The lowest BCUT2D eigenvalue weighted by molar-refractivity contribution is -0.319. The van der Waals surface area contributed by atoms with Crippen LogP contribution in [0.25, 0.3) is 0 Å². The Bertz CT molecular complexity index is 1190. The van der Waals surface area contributed by atoms with Crippen molar-refractivity contribution in [3.8, 4) is 0 Å². The molecule has 0 spiro atoms. The molecule has 0 saturated carbocycles. The number of carbonyl (C=O) groups is 2. The lowest BCUT2D eigenvalue weighted by Crippen LogP contribution is -2.61. The molecular formula is C38H69NO13. The van der Waals surface area contributed by atoms with Gasteiger partial charge in [0.05, 0.1) is 47.6 Å². The minimum atomic E-state index is -1.96. The van der Waals surface area contributed by atoms with Gasteiger partial charge in [-0.15, -0.1) is 0 Å². The second-order valence-corrected chi connectivity index (χ2v) is 16.6. The zero-order valence-corrected chi connectivity index (χ0v) is 33.9. The molecule has 0 amide bonds. The summed E-state index contributed by atoms with van der Waals surface area (Å²) >= 11 is 0. The van der Waals surface area contributed by atoms with Crippen molar-refractivity contribution in [1.29, 1.82) is 0 Å². The second-order valence-electron chi connectivity index (χ2n) is 16.6. The Morgan fingerprint density at radius 1 is 0.846 bits per heavy atom. The van der Waals surface area contributed by atoms with Crippen molar-refractivity contribution in [1.82, 2.24) is 4.90 Å². The number of Topliss-reactive ketones (excluding diaryl/α,β-unsaturated/α-hetero) is 1. The Kier molecular flexibility index (Phi) is 15.3. The van der Waals surface area contributed by atoms with Crippen LogP contribution in [0.5, 0.6) is 0 Å². The first kappa shape index (κ1) is 45.1. The van der Waals surface area contributed by atoms with Crippen LogP contribution < -0.4 is 0 Å². The Hall–Kier alpha value is -1.30. The third kappa shape index (κ3) is 9.38. The smallest absolute Gasteiger partial charge is 0.311 e. The van der Waals surface area contributed by atoms with E-state index in [0.717, 1.165) is 0 Å². The maximum absolute atomic E-state index is 14.2. The normalized spacial score (nSPS) is 49.0. The summed E-state index contributed by atoms with van der Waals surface area (Å²) in [6.07, 6.45) is -8.73.